The molecule has 28 heavy (non-hydrogen) atoms. The van der Waals surface area contributed by atoms with Gasteiger partial charge in [0.2, 0.25) is 0 Å². The van der Waals surface area contributed by atoms with E-state index in [9.17, 15) is 14.4 Å². The van der Waals surface area contributed by atoms with Crippen molar-refractivity contribution < 1.29 is 18.7 Å². The second-order valence-electron chi connectivity index (χ2n) is 6.82. The minimum atomic E-state index is -0.458. The first-order valence-electron chi connectivity index (χ1n) is 9.39. The number of rotatable bonds is 5. The van der Waals surface area contributed by atoms with Crippen molar-refractivity contribution in [1.29, 1.82) is 5.26 Å². The predicted molar refractivity (Wildman–Crippen MR) is 105 cm³/mol. The van der Waals surface area contributed by atoms with E-state index in [1.807, 2.05) is 6.07 Å². The van der Waals surface area contributed by atoms with Crippen LogP contribution in [-0.4, -0.2) is 13.1 Å². The summed E-state index contributed by atoms with van der Waals surface area (Å²) in [6.07, 6.45) is 6.55. The van der Waals surface area contributed by atoms with Gasteiger partial charge in [0.25, 0.3) is 0 Å². The van der Waals surface area contributed by atoms with E-state index in [0.717, 1.165) is 32.1 Å². The predicted octanol–water partition coefficient (Wildman–Crippen LogP) is 5.38. The lowest BCUT2D eigenvalue weighted by Crippen LogP contribution is -2.22. The third kappa shape index (κ3) is 4.58. The Morgan fingerprint density at radius 2 is 1.89 bits per heavy atom. The summed E-state index contributed by atoms with van der Waals surface area (Å²) in [4.78, 5) is 12.4. The van der Waals surface area contributed by atoms with Crippen molar-refractivity contribution in [2.24, 2.45) is 5.92 Å². The van der Waals surface area contributed by atoms with E-state index >= 15 is 0 Å². The van der Waals surface area contributed by atoms with E-state index in [1.54, 1.807) is 42.5 Å². The Kier molecular flexibility index (Phi) is 6.44. The van der Waals surface area contributed by atoms with E-state index in [4.69, 9.17) is 9.47 Å². The maximum Gasteiger partial charge on any atom is 0.314 e. The third-order valence-electron chi connectivity index (χ3n) is 4.93. The maximum absolute atomic E-state index is 14.0. The highest BCUT2D eigenvalue weighted by Gasteiger charge is 2.24. The Morgan fingerprint density at radius 1 is 1.14 bits per heavy atom. The number of benzene rings is 2. The number of esters is 1. The molecule has 5 heteroatoms. The Morgan fingerprint density at radius 3 is 2.57 bits per heavy atom. The smallest absolute Gasteiger partial charge is 0.314 e. The quantitative estimate of drug-likeness (QED) is 0.303. The molecule has 0 amide bonds. The van der Waals surface area contributed by atoms with Crippen LogP contribution in [0, 0.1) is 23.1 Å². The lowest BCUT2D eigenvalue weighted by molar-refractivity contribution is -0.140. The van der Waals surface area contributed by atoms with Gasteiger partial charge in [0.05, 0.1) is 24.7 Å². The zero-order chi connectivity index (χ0) is 19.9. The standard InChI is InChI=1S/C23H22FNO3/c1-27-22-14-16(13-18(15-25)19-9-5-6-10-20(19)24)11-12-21(22)28-23(26)17-7-3-2-4-8-17/h5-6,9-14,17H,2-4,7-8H2,1H3/b18-13-. The van der Waals surface area contributed by atoms with Crippen LogP contribution in [0.25, 0.3) is 11.6 Å². The van der Waals surface area contributed by atoms with Gasteiger partial charge in [0, 0.05) is 5.56 Å². The molecular formula is C23H22FNO3. The minimum absolute atomic E-state index is 0.0655. The second-order valence-corrected chi connectivity index (χ2v) is 6.82. The normalized spacial score (nSPS) is 15.0. The number of hydrogen-bond donors (Lipinski definition) is 0. The van der Waals surface area contributed by atoms with Crippen molar-refractivity contribution >= 4 is 17.6 Å². The van der Waals surface area contributed by atoms with E-state index in [-0.39, 0.29) is 23.0 Å². The molecule has 1 saturated carbocycles. The highest BCUT2D eigenvalue weighted by Crippen LogP contribution is 2.32. The average Bonchev–Trinajstić information content (AvgIpc) is 2.74. The third-order valence-corrected chi connectivity index (χ3v) is 4.93. The Bertz CT molecular complexity index is 924. The SMILES string of the molecule is COc1cc(/C=C(/C#N)c2ccccc2F)ccc1OC(=O)C1CCCCC1. The molecule has 0 atom stereocenters. The van der Waals surface area contributed by atoms with Crippen molar-refractivity contribution in [1.82, 2.24) is 0 Å². The lowest BCUT2D eigenvalue weighted by Gasteiger charge is -2.20. The van der Waals surface area contributed by atoms with Gasteiger partial charge in [-0.05, 0) is 42.7 Å². The molecule has 0 N–H and O–H groups in total. The van der Waals surface area contributed by atoms with Gasteiger partial charge in [-0.25, -0.2) is 4.39 Å². The fraction of sp³-hybridized carbons (Fsp3) is 0.304. The van der Waals surface area contributed by atoms with Crippen molar-refractivity contribution in [2.45, 2.75) is 32.1 Å². The van der Waals surface area contributed by atoms with Gasteiger partial charge in [0.15, 0.2) is 11.5 Å². The van der Waals surface area contributed by atoms with E-state index in [1.165, 1.54) is 13.2 Å². The van der Waals surface area contributed by atoms with Crippen LogP contribution in [0.4, 0.5) is 4.39 Å². The second kappa shape index (κ2) is 9.18. The molecule has 3 rings (SSSR count). The molecule has 1 aliphatic carbocycles. The molecule has 2 aromatic rings. The van der Waals surface area contributed by atoms with Crippen LogP contribution in [0.5, 0.6) is 11.5 Å². The van der Waals surface area contributed by atoms with E-state index in [0.29, 0.717) is 17.1 Å². The monoisotopic (exact) mass is 379 g/mol. The number of nitriles is 1. The van der Waals surface area contributed by atoms with Crippen LogP contribution >= 0.6 is 0 Å². The molecule has 2 aromatic carbocycles. The molecule has 1 aliphatic rings. The fourth-order valence-electron chi connectivity index (χ4n) is 3.40. The molecule has 0 bridgehead atoms. The van der Waals surface area contributed by atoms with Crippen molar-refractivity contribution in [2.75, 3.05) is 7.11 Å². The van der Waals surface area contributed by atoms with Gasteiger partial charge in [-0.2, -0.15) is 5.26 Å². The first-order valence-corrected chi connectivity index (χ1v) is 9.39. The van der Waals surface area contributed by atoms with Gasteiger partial charge in [-0.1, -0.05) is 43.5 Å². The summed E-state index contributed by atoms with van der Waals surface area (Å²) >= 11 is 0. The van der Waals surface area contributed by atoms with Crippen LogP contribution in [0.2, 0.25) is 0 Å². The maximum atomic E-state index is 14.0. The summed E-state index contributed by atoms with van der Waals surface area (Å²) in [7, 11) is 1.49. The van der Waals surface area contributed by atoms with Crippen LogP contribution in [0.1, 0.15) is 43.2 Å². The molecule has 0 heterocycles. The van der Waals surface area contributed by atoms with Gasteiger partial charge in [-0.15, -0.1) is 0 Å². The molecule has 0 aromatic heterocycles. The number of allylic oxidation sites excluding steroid dienone is 1. The summed E-state index contributed by atoms with van der Waals surface area (Å²) < 4.78 is 24.9. The largest absolute Gasteiger partial charge is 0.493 e. The zero-order valence-electron chi connectivity index (χ0n) is 15.8. The van der Waals surface area contributed by atoms with E-state index < -0.39 is 5.82 Å². The summed E-state index contributed by atoms with van der Waals surface area (Å²) in [6, 6.07) is 13.2. The number of carbonyl (C=O) groups is 1. The van der Waals surface area contributed by atoms with Crippen LogP contribution < -0.4 is 9.47 Å². The Hall–Kier alpha value is -3.13. The van der Waals surface area contributed by atoms with Gasteiger partial charge in [-0.3, -0.25) is 4.79 Å². The minimum Gasteiger partial charge on any atom is -0.493 e. The van der Waals surface area contributed by atoms with Crippen molar-refractivity contribution in [3.8, 4) is 17.6 Å². The number of carbonyl (C=O) groups excluding carboxylic acids is 1. The molecule has 1 fully saturated rings. The van der Waals surface area contributed by atoms with Crippen molar-refractivity contribution in [3.05, 3.63) is 59.4 Å². The van der Waals surface area contributed by atoms with Gasteiger partial charge < -0.3 is 9.47 Å². The number of nitrogens with zero attached hydrogens (tertiary/aromatic N) is 1. The molecular weight excluding hydrogens is 357 g/mol. The average molecular weight is 379 g/mol. The number of halogens is 1. The van der Waals surface area contributed by atoms with Crippen molar-refractivity contribution in [3.63, 3.8) is 0 Å². The molecule has 4 nitrogen and oxygen atoms in total. The number of methoxy groups -OCH3 is 1. The summed E-state index contributed by atoms with van der Waals surface area (Å²) in [5.74, 6) is -0.0155. The highest BCUT2D eigenvalue weighted by molar-refractivity contribution is 5.90. The fourth-order valence-corrected chi connectivity index (χ4v) is 3.40. The summed E-state index contributed by atoms with van der Waals surface area (Å²) in [6.45, 7) is 0. The summed E-state index contributed by atoms with van der Waals surface area (Å²) in [5.41, 5.74) is 1.08. The van der Waals surface area contributed by atoms with E-state index in [2.05, 4.69) is 0 Å². The Balaban J connectivity index is 1.83. The van der Waals surface area contributed by atoms with Crippen LogP contribution in [0.3, 0.4) is 0 Å². The Labute approximate surface area is 164 Å². The topological polar surface area (TPSA) is 59.3 Å². The van der Waals surface area contributed by atoms with Crippen LogP contribution in [0.15, 0.2) is 42.5 Å². The molecule has 0 radical (unpaired) electrons. The molecule has 0 saturated heterocycles. The zero-order valence-corrected chi connectivity index (χ0v) is 15.8. The van der Waals surface area contributed by atoms with Gasteiger partial charge in [0.1, 0.15) is 5.82 Å². The first-order chi connectivity index (χ1) is 13.6. The number of ether oxygens (including phenoxy) is 2. The van der Waals surface area contributed by atoms with Gasteiger partial charge >= 0.3 is 5.97 Å². The molecule has 0 unspecified atom stereocenters. The lowest BCUT2D eigenvalue weighted by atomic mass is 9.89. The molecule has 0 spiro atoms. The summed E-state index contributed by atoms with van der Waals surface area (Å²) in [5, 5.41) is 9.42. The van der Waals surface area contributed by atoms with Crippen LogP contribution in [-0.2, 0) is 4.79 Å². The number of hydrogen-bond acceptors (Lipinski definition) is 4. The molecule has 0 aliphatic heterocycles. The molecule has 144 valence electrons. The highest BCUT2D eigenvalue weighted by atomic mass is 19.1. The first kappa shape index (κ1) is 19.6.